The summed E-state index contributed by atoms with van der Waals surface area (Å²) < 4.78 is 35.3. The van der Waals surface area contributed by atoms with E-state index in [-0.39, 0.29) is 10.9 Å². The Morgan fingerprint density at radius 1 is 1.29 bits per heavy atom. The maximum absolute atomic E-state index is 12.3. The van der Waals surface area contributed by atoms with Crippen LogP contribution < -0.4 is 14.4 Å². The predicted octanol–water partition coefficient (Wildman–Crippen LogP) is 1.22. The van der Waals surface area contributed by atoms with Crippen molar-refractivity contribution in [1.29, 1.82) is 0 Å². The zero-order valence-corrected chi connectivity index (χ0v) is 17.7. The normalized spacial score (nSPS) is 11.0. The molecule has 1 aromatic heterocycles. The molecular formula is C15H18N4O6S3. The highest BCUT2D eigenvalue weighted by molar-refractivity contribution is 8.01. The van der Waals surface area contributed by atoms with E-state index in [0.717, 1.165) is 33.7 Å². The molecule has 0 atom stereocenters. The smallest absolute Gasteiger partial charge is 0.316 e. The van der Waals surface area contributed by atoms with E-state index in [1.54, 1.807) is 18.2 Å². The number of nitrogens with zero attached hydrogens (tertiary/aromatic N) is 3. The van der Waals surface area contributed by atoms with Crippen molar-refractivity contribution >= 4 is 55.8 Å². The molecule has 2 rings (SSSR count). The molecule has 10 nitrogen and oxygen atoms in total. The van der Waals surface area contributed by atoms with E-state index in [4.69, 9.17) is 4.74 Å². The molecule has 0 aliphatic carbocycles. The van der Waals surface area contributed by atoms with E-state index in [0.29, 0.717) is 15.8 Å². The number of carbonyl (C=O) groups is 2. The lowest BCUT2D eigenvalue weighted by atomic mass is 10.3. The number of anilines is 2. The molecule has 0 aliphatic rings. The lowest BCUT2D eigenvalue weighted by molar-refractivity contribution is -0.137. The van der Waals surface area contributed by atoms with Crippen LogP contribution in [0, 0.1) is 0 Å². The molecule has 0 radical (unpaired) electrons. The Hall–Kier alpha value is -2.38. The van der Waals surface area contributed by atoms with Crippen LogP contribution in [0.4, 0.5) is 10.8 Å². The van der Waals surface area contributed by atoms with Gasteiger partial charge in [-0.25, -0.2) is 8.42 Å². The van der Waals surface area contributed by atoms with Crippen molar-refractivity contribution < 1.29 is 27.5 Å². The number of sulfonamides is 1. The Balaban J connectivity index is 2.06. The number of hydrogen-bond acceptors (Lipinski definition) is 10. The molecule has 2 aromatic rings. The fraction of sp³-hybridized carbons (Fsp3) is 0.333. The van der Waals surface area contributed by atoms with Gasteiger partial charge in [0, 0.05) is 6.07 Å². The summed E-state index contributed by atoms with van der Waals surface area (Å²) in [6.07, 6.45) is 1.01. The number of nitrogens with one attached hydrogen (secondary N) is 1. The zero-order chi connectivity index (χ0) is 20.7. The largest absolute Gasteiger partial charge is 0.497 e. The van der Waals surface area contributed by atoms with Gasteiger partial charge in [0.15, 0.2) is 4.34 Å². The zero-order valence-electron chi connectivity index (χ0n) is 15.2. The molecule has 1 aromatic carbocycles. The summed E-state index contributed by atoms with van der Waals surface area (Å²) in [5, 5.41) is 10.3. The summed E-state index contributed by atoms with van der Waals surface area (Å²) >= 11 is 2.18. The summed E-state index contributed by atoms with van der Waals surface area (Å²) in [5.74, 6) is -0.471. The second-order valence-corrected chi connectivity index (χ2v) is 9.36. The first-order valence-electron chi connectivity index (χ1n) is 7.67. The molecule has 0 unspecified atom stereocenters. The van der Waals surface area contributed by atoms with Crippen molar-refractivity contribution in [2.75, 3.05) is 42.4 Å². The molecule has 0 saturated carbocycles. The molecule has 0 aliphatic heterocycles. The van der Waals surface area contributed by atoms with Crippen LogP contribution in [0.25, 0.3) is 0 Å². The van der Waals surface area contributed by atoms with E-state index in [2.05, 4.69) is 20.3 Å². The maximum atomic E-state index is 12.3. The predicted molar refractivity (Wildman–Crippen MR) is 106 cm³/mol. The molecule has 0 saturated heterocycles. The minimum absolute atomic E-state index is 0.0662. The number of aromatic nitrogens is 2. The molecular weight excluding hydrogens is 428 g/mol. The van der Waals surface area contributed by atoms with E-state index in [1.807, 2.05) is 0 Å². The van der Waals surface area contributed by atoms with Gasteiger partial charge in [0.1, 0.15) is 12.3 Å². The lowest BCUT2D eigenvalue weighted by Gasteiger charge is -2.21. The topological polar surface area (TPSA) is 128 Å². The maximum Gasteiger partial charge on any atom is 0.316 e. The van der Waals surface area contributed by atoms with Crippen LogP contribution in [0.15, 0.2) is 28.6 Å². The van der Waals surface area contributed by atoms with Gasteiger partial charge in [-0.2, -0.15) is 0 Å². The van der Waals surface area contributed by atoms with Gasteiger partial charge in [-0.05, 0) is 12.1 Å². The van der Waals surface area contributed by atoms with Gasteiger partial charge >= 0.3 is 5.97 Å². The minimum atomic E-state index is -3.72. The van der Waals surface area contributed by atoms with Gasteiger partial charge in [0.05, 0.1) is 31.9 Å². The molecule has 0 spiro atoms. The average molecular weight is 447 g/mol. The third kappa shape index (κ3) is 6.35. The van der Waals surface area contributed by atoms with Crippen molar-refractivity contribution in [2.45, 2.75) is 4.34 Å². The van der Waals surface area contributed by atoms with Crippen LogP contribution in [0.3, 0.4) is 0 Å². The van der Waals surface area contributed by atoms with Crippen LogP contribution in [0.1, 0.15) is 0 Å². The summed E-state index contributed by atoms with van der Waals surface area (Å²) in [6.45, 7) is -0.448. The summed E-state index contributed by atoms with van der Waals surface area (Å²) in [7, 11) is -0.975. The molecule has 0 bridgehead atoms. The standard InChI is InChI=1S/C15H18N4O6S3/c1-24-11-6-4-5-10(7-11)19(28(3,22)23)8-12(20)16-14-17-18-15(27-14)26-9-13(21)25-2/h4-7H,8-9H2,1-3H3,(H,16,17,20). The Kier molecular flexibility index (Phi) is 7.60. The lowest BCUT2D eigenvalue weighted by Crippen LogP contribution is -2.37. The fourth-order valence-corrected chi connectivity index (χ4v) is 4.40. The van der Waals surface area contributed by atoms with Crippen LogP contribution in [-0.2, 0) is 24.3 Å². The highest BCUT2D eigenvalue weighted by atomic mass is 32.2. The van der Waals surface area contributed by atoms with Gasteiger partial charge in [-0.1, -0.05) is 29.2 Å². The fourth-order valence-electron chi connectivity index (χ4n) is 1.95. The Morgan fingerprint density at radius 2 is 2.04 bits per heavy atom. The van der Waals surface area contributed by atoms with Gasteiger partial charge in [-0.3, -0.25) is 19.2 Å². The third-order valence-corrected chi connectivity index (χ3v) is 6.31. The molecule has 1 heterocycles. The highest BCUT2D eigenvalue weighted by Gasteiger charge is 2.22. The average Bonchev–Trinajstić information content (AvgIpc) is 3.10. The number of amides is 1. The van der Waals surface area contributed by atoms with Gasteiger partial charge < -0.3 is 9.47 Å². The van der Waals surface area contributed by atoms with Crippen molar-refractivity contribution in [3.8, 4) is 5.75 Å². The van der Waals surface area contributed by atoms with Crippen LogP contribution >= 0.6 is 23.1 Å². The van der Waals surface area contributed by atoms with Gasteiger partial charge in [-0.15, -0.1) is 10.2 Å². The SMILES string of the molecule is COC(=O)CSc1nnc(NC(=O)CN(c2cccc(OC)c2)S(C)(=O)=O)s1. The number of benzene rings is 1. The third-order valence-electron chi connectivity index (χ3n) is 3.22. The van der Waals surface area contributed by atoms with Crippen molar-refractivity contribution in [2.24, 2.45) is 0 Å². The van der Waals surface area contributed by atoms with Gasteiger partial charge in [0.2, 0.25) is 21.1 Å². The highest BCUT2D eigenvalue weighted by Crippen LogP contribution is 2.26. The van der Waals surface area contributed by atoms with Crippen molar-refractivity contribution in [3.63, 3.8) is 0 Å². The number of rotatable bonds is 9. The monoisotopic (exact) mass is 446 g/mol. The van der Waals surface area contributed by atoms with E-state index in [1.165, 1.54) is 20.3 Å². The minimum Gasteiger partial charge on any atom is -0.497 e. The number of esters is 1. The van der Waals surface area contributed by atoms with Crippen molar-refractivity contribution in [3.05, 3.63) is 24.3 Å². The molecule has 28 heavy (non-hydrogen) atoms. The number of hydrogen-bond donors (Lipinski definition) is 1. The quantitative estimate of drug-likeness (QED) is 0.343. The Morgan fingerprint density at radius 3 is 2.68 bits per heavy atom. The van der Waals surface area contributed by atoms with E-state index < -0.39 is 28.4 Å². The first-order chi connectivity index (χ1) is 13.2. The number of carbonyl (C=O) groups excluding carboxylic acids is 2. The number of ether oxygens (including phenoxy) is 2. The Bertz CT molecular complexity index is 947. The molecule has 1 amide bonds. The molecule has 152 valence electrons. The summed E-state index contributed by atoms with van der Waals surface area (Å²) in [6, 6.07) is 6.36. The van der Waals surface area contributed by atoms with Crippen LogP contribution in [0.2, 0.25) is 0 Å². The van der Waals surface area contributed by atoms with Crippen LogP contribution in [-0.4, -0.2) is 63.3 Å². The summed E-state index contributed by atoms with van der Waals surface area (Å²) in [5.41, 5.74) is 0.295. The first kappa shape index (κ1) is 21.9. The van der Waals surface area contributed by atoms with E-state index >= 15 is 0 Å². The first-order valence-corrected chi connectivity index (χ1v) is 11.3. The van der Waals surface area contributed by atoms with Gasteiger partial charge in [0.25, 0.3) is 0 Å². The second-order valence-electron chi connectivity index (χ2n) is 5.26. The van der Waals surface area contributed by atoms with Crippen LogP contribution in [0.5, 0.6) is 5.75 Å². The number of thioether (sulfide) groups is 1. The molecule has 0 fully saturated rings. The summed E-state index contributed by atoms with van der Waals surface area (Å²) in [4.78, 5) is 23.5. The van der Waals surface area contributed by atoms with E-state index in [9.17, 15) is 18.0 Å². The molecule has 13 heteroatoms. The second kappa shape index (κ2) is 9.71. The Labute approximate surface area is 170 Å². The van der Waals surface area contributed by atoms with Crippen molar-refractivity contribution in [1.82, 2.24) is 10.2 Å². The molecule has 1 N–H and O–H groups in total. The number of methoxy groups -OCH3 is 2.